The molecular formula is C10H19N3O2. The number of hydrogen-bond donors (Lipinski definition) is 1. The maximum Gasteiger partial charge on any atom is 0.226 e. The van der Waals surface area contributed by atoms with Crippen LogP contribution in [0.25, 0.3) is 0 Å². The lowest BCUT2D eigenvalue weighted by atomic mass is 10.3. The Bertz CT molecular complexity index is 223. The van der Waals surface area contributed by atoms with Gasteiger partial charge in [0, 0.05) is 53.1 Å². The summed E-state index contributed by atoms with van der Waals surface area (Å²) in [5, 5.41) is 3.26. The third-order valence-electron chi connectivity index (χ3n) is 2.61. The van der Waals surface area contributed by atoms with Gasteiger partial charge in [-0.2, -0.15) is 0 Å². The molecule has 1 heterocycles. The number of imide groups is 1. The van der Waals surface area contributed by atoms with Crippen LogP contribution < -0.4 is 5.32 Å². The first-order valence-electron chi connectivity index (χ1n) is 5.33. The molecule has 2 amide bonds. The third-order valence-corrected chi connectivity index (χ3v) is 2.61. The first-order chi connectivity index (χ1) is 7.11. The maximum absolute atomic E-state index is 11.1. The normalized spacial score (nSPS) is 17.5. The molecule has 0 aromatic heterocycles. The van der Waals surface area contributed by atoms with Gasteiger partial charge in [0.1, 0.15) is 0 Å². The molecule has 1 saturated heterocycles. The predicted molar refractivity (Wildman–Crippen MR) is 57.4 cm³/mol. The minimum atomic E-state index is -0.169. The van der Waals surface area contributed by atoms with Crippen molar-refractivity contribution in [1.82, 2.24) is 15.1 Å². The molecule has 1 fully saturated rings. The van der Waals surface area contributed by atoms with Crippen molar-refractivity contribution in [2.24, 2.45) is 0 Å². The number of hydrogen-bond acceptors (Lipinski definition) is 4. The number of piperazine rings is 1. The second-order valence-corrected chi connectivity index (χ2v) is 3.78. The number of nitrogens with zero attached hydrogens (tertiary/aromatic N) is 2. The van der Waals surface area contributed by atoms with Crippen LogP contribution in [0.3, 0.4) is 0 Å². The van der Waals surface area contributed by atoms with Gasteiger partial charge in [-0.15, -0.1) is 0 Å². The van der Waals surface area contributed by atoms with Crippen LogP contribution in [0.5, 0.6) is 0 Å². The monoisotopic (exact) mass is 213 g/mol. The predicted octanol–water partition coefficient (Wildman–Crippen LogP) is -0.713. The van der Waals surface area contributed by atoms with Crippen LogP contribution in [0, 0.1) is 0 Å². The number of carbonyl (C=O) groups is 2. The second-order valence-electron chi connectivity index (χ2n) is 3.78. The van der Waals surface area contributed by atoms with E-state index >= 15 is 0 Å². The highest BCUT2D eigenvalue weighted by atomic mass is 16.2. The molecule has 0 aliphatic carbocycles. The number of carbonyl (C=O) groups excluding carboxylic acids is 2. The molecule has 0 aromatic rings. The molecule has 0 radical (unpaired) electrons. The second kappa shape index (κ2) is 5.82. The van der Waals surface area contributed by atoms with Gasteiger partial charge in [0.15, 0.2) is 0 Å². The largest absolute Gasteiger partial charge is 0.314 e. The van der Waals surface area contributed by atoms with Crippen molar-refractivity contribution in [1.29, 1.82) is 0 Å². The Balaban J connectivity index is 2.32. The quantitative estimate of drug-likeness (QED) is 0.672. The van der Waals surface area contributed by atoms with Gasteiger partial charge in [0.25, 0.3) is 0 Å². The third kappa shape index (κ3) is 3.97. The summed E-state index contributed by atoms with van der Waals surface area (Å²) in [6, 6.07) is 0. The lowest BCUT2D eigenvalue weighted by Gasteiger charge is -2.29. The average Bonchev–Trinajstić information content (AvgIpc) is 2.18. The van der Waals surface area contributed by atoms with Gasteiger partial charge in [0.2, 0.25) is 11.8 Å². The Labute approximate surface area is 90.4 Å². The molecule has 0 saturated carbocycles. The molecule has 5 nitrogen and oxygen atoms in total. The topological polar surface area (TPSA) is 52.7 Å². The van der Waals surface area contributed by atoms with E-state index in [4.69, 9.17) is 0 Å². The van der Waals surface area contributed by atoms with Crippen molar-refractivity contribution in [2.75, 3.05) is 39.3 Å². The Morgan fingerprint density at radius 3 is 2.20 bits per heavy atom. The van der Waals surface area contributed by atoms with Crippen molar-refractivity contribution in [3.8, 4) is 0 Å². The average molecular weight is 213 g/mol. The molecule has 0 spiro atoms. The molecule has 0 unspecified atom stereocenters. The summed E-state index contributed by atoms with van der Waals surface area (Å²) in [6.45, 7) is 8.09. The lowest BCUT2D eigenvalue weighted by Crippen LogP contribution is -2.47. The fourth-order valence-corrected chi connectivity index (χ4v) is 1.71. The van der Waals surface area contributed by atoms with Crippen molar-refractivity contribution >= 4 is 11.8 Å². The number of rotatable bonds is 3. The van der Waals surface area contributed by atoms with Crippen LogP contribution in [0.15, 0.2) is 0 Å². The van der Waals surface area contributed by atoms with Gasteiger partial charge < -0.3 is 5.32 Å². The van der Waals surface area contributed by atoms with E-state index in [9.17, 15) is 9.59 Å². The Kier molecular flexibility index (Phi) is 4.71. The molecule has 15 heavy (non-hydrogen) atoms. The fraction of sp³-hybridized carbons (Fsp3) is 0.800. The van der Waals surface area contributed by atoms with E-state index in [0.717, 1.165) is 32.7 Å². The minimum Gasteiger partial charge on any atom is -0.314 e. The van der Waals surface area contributed by atoms with Gasteiger partial charge in [0.05, 0.1) is 0 Å². The van der Waals surface area contributed by atoms with E-state index in [-0.39, 0.29) is 11.8 Å². The van der Waals surface area contributed by atoms with Gasteiger partial charge in [-0.1, -0.05) is 0 Å². The fourth-order valence-electron chi connectivity index (χ4n) is 1.71. The van der Waals surface area contributed by atoms with Gasteiger partial charge in [-0.3, -0.25) is 19.4 Å². The first-order valence-corrected chi connectivity index (χ1v) is 5.33. The highest BCUT2D eigenvalue weighted by Crippen LogP contribution is 1.96. The molecule has 86 valence electrons. The number of amides is 2. The van der Waals surface area contributed by atoms with Crippen LogP contribution in [0.4, 0.5) is 0 Å². The summed E-state index contributed by atoms with van der Waals surface area (Å²) >= 11 is 0. The zero-order valence-corrected chi connectivity index (χ0v) is 9.45. The van der Waals surface area contributed by atoms with Crippen molar-refractivity contribution in [3.63, 3.8) is 0 Å². The van der Waals surface area contributed by atoms with Crippen molar-refractivity contribution in [2.45, 2.75) is 13.8 Å². The van der Waals surface area contributed by atoms with Gasteiger partial charge in [-0.05, 0) is 0 Å². The van der Waals surface area contributed by atoms with Crippen molar-refractivity contribution < 1.29 is 9.59 Å². The summed E-state index contributed by atoms with van der Waals surface area (Å²) in [4.78, 5) is 25.8. The minimum absolute atomic E-state index is 0.169. The SMILES string of the molecule is CC(=O)N(CCN1CCNCC1)C(C)=O. The summed E-state index contributed by atoms with van der Waals surface area (Å²) in [6.07, 6.45) is 0. The standard InChI is InChI=1S/C10H19N3O2/c1-9(14)13(10(2)15)8-7-12-5-3-11-4-6-12/h11H,3-8H2,1-2H3. The molecule has 1 aliphatic heterocycles. The van der Waals surface area contributed by atoms with Crippen LogP contribution >= 0.6 is 0 Å². The Hall–Kier alpha value is -0.940. The molecule has 0 atom stereocenters. The zero-order chi connectivity index (χ0) is 11.3. The molecule has 0 bridgehead atoms. The smallest absolute Gasteiger partial charge is 0.226 e. The van der Waals surface area contributed by atoms with E-state index in [2.05, 4.69) is 10.2 Å². The number of nitrogens with one attached hydrogen (secondary N) is 1. The van der Waals surface area contributed by atoms with Crippen molar-refractivity contribution in [3.05, 3.63) is 0 Å². The summed E-state index contributed by atoms with van der Waals surface area (Å²) in [7, 11) is 0. The zero-order valence-electron chi connectivity index (χ0n) is 9.45. The summed E-state index contributed by atoms with van der Waals surface area (Å²) < 4.78 is 0. The highest BCUT2D eigenvalue weighted by Gasteiger charge is 2.16. The van der Waals surface area contributed by atoms with Crippen LogP contribution in [0.2, 0.25) is 0 Å². The Morgan fingerprint density at radius 2 is 1.73 bits per heavy atom. The summed E-state index contributed by atoms with van der Waals surface area (Å²) in [5.74, 6) is -0.338. The molecule has 5 heteroatoms. The van der Waals surface area contributed by atoms with Gasteiger partial charge in [-0.25, -0.2) is 0 Å². The van der Waals surface area contributed by atoms with Crippen LogP contribution in [-0.4, -0.2) is 60.9 Å². The lowest BCUT2D eigenvalue weighted by molar-refractivity contribution is -0.142. The van der Waals surface area contributed by atoms with Crippen LogP contribution in [-0.2, 0) is 9.59 Å². The van der Waals surface area contributed by atoms with E-state index in [1.165, 1.54) is 18.7 Å². The molecule has 1 N–H and O–H groups in total. The maximum atomic E-state index is 11.1. The highest BCUT2D eigenvalue weighted by molar-refractivity contribution is 5.92. The molecular weight excluding hydrogens is 194 g/mol. The van der Waals surface area contributed by atoms with E-state index < -0.39 is 0 Å². The van der Waals surface area contributed by atoms with Crippen LogP contribution in [0.1, 0.15) is 13.8 Å². The Morgan fingerprint density at radius 1 is 1.20 bits per heavy atom. The molecule has 1 rings (SSSR count). The van der Waals surface area contributed by atoms with E-state index in [1.807, 2.05) is 0 Å². The summed E-state index contributed by atoms with van der Waals surface area (Å²) in [5.41, 5.74) is 0. The molecule has 1 aliphatic rings. The molecule has 0 aromatic carbocycles. The van der Waals surface area contributed by atoms with E-state index in [0.29, 0.717) is 6.54 Å². The van der Waals surface area contributed by atoms with E-state index in [1.54, 1.807) is 0 Å². The van der Waals surface area contributed by atoms with Gasteiger partial charge >= 0.3 is 0 Å². The first kappa shape index (κ1) is 12.1.